The molecule has 3 aromatic rings. The number of hydrogen-bond donors (Lipinski definition) is 0. The van der Waals surface area contributed by atoms with Crippen molar-refractivity contribution in [3.63, 3.8) is 0 Å². The van der Waals surface area contributed by atoms with Gasteiger partial charge in [0, 0.05) is 30.7 Å². The van der Waals surface area contributed by atoms with Gasteiger partial charge in [0.1, 0.15) is 5.69 Å². The van der Waals surface area contributed by atoms with Gasteiger partial charge < -0.3 is 0 Å². The summed E-state index contributed by atoms with van der Waals surface area (Å²) in [5.74, 6) is 0.286. The number of imidazole rings is 1. The Morgan fingerprint density at radius 1 is 1.04 bits per heavy atom. The number of hydrogen-bond acceptors (Lipinski definition) is 4. The SMILES string of the molecule is O=C(c1cnc2cccnn12)C1CC2CCC(C1)N2Cc1ccccc1. The Kier molecular flexibility index (Phi) is 3.82. The maximum atomic E-state index is 13.1. The van der Waals surface area contributed by atoms with Gasteiger partial charge in [0.15, 0.2) is 11.4 Å². The van der Waals surface area contributed by atoms with Gasteiger partial charge in [-0.05, 0) is 43.4 Å². The second-order valence-electron chi connectivity index (χ2n) is 7.51. The molecule has 0 amide bonds. The maximum Gasteiger partial charge on any atom is 0.186 e. The fraction of sp³-hybridized carbons (Fsp3) is 0.381. The second-order valence-corrected chi connectivity index (χ2v) is 7.51. The van der Waals surface area contributed by atoms with Gasteiger partial charge in [-0.25, -0.2) is 9.50 Å². The van der Waals surface area contributed by atoms with E-state index in [0.717, 1.165) is 25.0 Å². The highest BCUT2D eigenvalue weighted by atomic mass is 16.1. The number of rotatable bonds is 4. The molecule has 1 aromatic carbocycles. The largest absolute Gasteiger partial charge is 0.293 e. The summed E-state index contributed by atoms with van der Waals surface area (Å²) in [5, 5.41) is 4.30. The third-order valence-corrected chi connectivity index (χ3v) is 5.99. The number of fused-ring (bicyclic) bond motifs is 3. The summed E-state index contributed by atoms with van der Waals surface area (Å²) in [7, 11) is 0. The van der Waals surface area contributed by atoms with E-state index < -0.39 is 0 Å². The van der Waals surface area contributed by atoms with Crippen LogP contribution in [0.1, 0.15) is 41.7 Å². The van der Waals surface area contributed by atoms with Crippen molar-refractivity contribution < 1.29 is 4.79 Å². The molecule has 5 nitrogen and oxygen atoms in total. The van der Waals surface area contributed by atoms with Crippen LogP contribution in [-0.4, -0.2) is 37.4 Å². The lowest BCUT2D eigenvalue weighted by Gasteiger charge is -2.38. The lowest BCUT2D eigenvalue weighted by atomic mass is 9.86. The maximum absolute atomic E-state index is 13.1. The van der Waals surface area contributed by atoms with Crippen LogP contribution in [0.3, 0.4) is 0 Å². The predicted molar refractivity (Wildman–Crippen MR) is 98.8 cm³/mol. The van der Waals surface area contributed by atoms with Crippen LogP contribution in [0.5, 0.6) is 0 Å². The van der Waals surface area contributed by atoms with Gasteiger partial charge >= 0.3 is 0 Å². The van der Waals surface area contributed by atoms with Gasteiger partial charge in [-0.1, -0.05) is 30.3 Å². The molecule has 0 N–H and O–H groups in total. The van der Waals surface area contributed by atoms with E-state index >= 15 is 0 Å². The summed E-state index contributed by atoms with van der Waals surface area (Å²) in [6.45, 7) is 0.994. The number of nitrogens with zero attached hydrogens (tertiary/aromatic N) is 4. The van der Waals surface area contributed by atoms with Crippen molar-refractivity contribution >= 4 is 11.4 Å². The van der Waals surface area contributed by atoms with Crippen LogP contribution in [0, 0.1) is 5.92 Å². The molecular formula is C21H22N4O. The van der Waals surface area contributed by atoms with Crippen LogP contribution >= 0.6 is 0 Å². The number of aromatic nitrogens is 3. The van der Waals surface area contributed by atoms with Crippen molar-refractivity contribution in [3.05, 3.63) is 66.1 Å². The molecule has 2 unspecified atom stereocenters. The van der Waals surface area contributed by atoms with Crippen LogP contribution in [0.15, 0.2) is 54.9 Å². The molecule has 0 radical (unpaired) electrons. The van der Waals surface area contributed by atoms with Crippen LogP contribution in [-0.2, 0) is 6.54 Å². The van der Waals surface area contributed by atoms with Gasteiger partial charge in [-0.15, -0.1) is 0 Å². The van der Waals surface area contributed by atoms with Crippen LogP contribution in [0.4, 0.5) is 0 Å². The van der Waals surface area contributed by atoms with Gasteiger partial charge in [-0.2, -0.15) is 5.10 Å². The number of Topliss-reactive ketones (excluding diaryl/α,β-unsaturated/α-hetero) is 1. The lowest BCUT2D eigenvalue weighted by molar-refractivity contribution is 0.0672. The fourth-order valence-corrected chi connectivity index (χ4v) is 4.75. The molecule has 26 heavy (non-hydrogen) atoms. The molecule has 132 valence electrons. The molecule has 0 saturated carbocycles. The smallest absolute Gasteiger partial charge is 0.186 e. The number of carbonyl (C=O) groups is 1. The molecule has 2 aliphatic rings. The Hall–Kier alpha value is -2.53. The third kappa shape index (κ3) is 2.63. The molecule has 2 bridgehead atoms. The van der Waals surface area contributed by atoms with E-state index in [2.05, 4.69) is 45.3 Å². The molecule has 0 spiro atoms. The summed E-state index contributed by atoms with van der Waals surface area (Å²) >= 11 is 0. The Morgan fingerprint density at radius 3 is 2.58 bits per heavy atom. The fourth-order valence-electron chi connectivity index (χ4n) is 4.75. The number of carbonyl (C=O) groups excluding carboxylic acids is 1. The van der Waals surface area contributed by atoms with E-state index in [9.17, 15) is 4.79 Å². The molecule has 5 rings (SSSR count). The van der Waals surface area contributed by atoms with Crippen molar-refractivity contribution in [2.75, 3.05) is 0 Å². The van der Waals surface area contributed by atoms with Crippen LogP contribution < -0.4 is 0 Å². The summed E-state index contributed by atoms with van der Waals surface area (Å²) in [4.78, 5) is 20.1. The number of benzene rings is 1. The summed E-state index contributed by atoms with van der Waals surface area (Å²) in [5.41, 5.74) is 2.72. The quantitative estimate of drug-likeness (QED) is 0.680. The van der Waals surface area contributed by atoms with Crippen molar-refractivity contribution in [2.24, 2.45) is 5.92 Å². The van der Waals surface area contributed by atoms with Crippen molar-refractivity contribution in [1.29, 1.82) is 0 Å². The summed E-state index contributed by atoms with van der Waals surface area (Å²) in [6.07, 6.45) is 7.68. The van der Waals surface area contributed by atoms with Gasteiger partial charge in [0.25, 0.3) is 0 Å². The van der Waals surface area contributed by atoms with Crippen molar-refractivity contribution in [1.82, 2.24) is 19.5 Å². The van der Waals surface area contributed by atoms with Crippen molar-refractivity contribution in [2.45, 2.75) is 44.3 Å². The summed E-state index contributed by atoms with van der Waals surface area (Å²) < 4.78 is 1.68. The molecule has 0 aliphatic carbocycles. The highest BCUT2D eigenvalue weighted by molar-refractivity contribution is 5.97. The monoisotopic (exact) mass is 346 g/mol. The zero-order chi connectivity index (χ0) is 17.5. The molecule has 2 atom stereocenters. The van der Waals surface area contributed by atoms with E-state index in [0.29, 0.717) is 17.8 Å². The average Bonchev–Trinajstić information content (AvgIpc) is 3.19. The molecule has 2 fully saturated rings. The van der Waals surface area contributed by atoms with Gasteiger partial charge in [0.2, 0.25) is 0 Å². The molecule has 5 heteroatoms. The molecule has 2 aromatic heterocycles. The van der Waals surface area contributed by atoms with E-state index in [4.69, 9.17) is 0 Å². The van der Waals surface area contributed by atoms with Gasteiger partial charge in [0.05, 0.1) is 6.20 Å². The van der Waals surface area contributed by atoms with E-state index in [-0.39, 0.29) is 11.7 Å². The Labute approximate surface area is 152 Å². The Morgan fingerprint density at radius 2 is 1.81 bits per heavy atom. The predicted octanol–water partition coefficient (Wildman–Crippen LogP) is 3.36. The standard InChI is InChI=1S/C21H22N4O/c26-21(19-13-22-20-7-4-10-23-25(19)20)16-11-17-8-9-18(12-16)24(17)14-15-5-2-1-3-6-15/h1-7,10,13,16-18H,8-9,11-12,14H2. The first kappa shape index (κ1) is 15.7. The highest BCUT2D eigenvalue weighted by Crippen LogP contribution is 2.40. The zero-order valence-electron chi connectivity index (χ0n) is 14.7. The molecule has 2 saturated heterocycles. The van der Waals surface area contributed by atoms with E-state index in [1.807, 2.05) is 12.1 Å². The minimum absolute atomic E-state index is 0.0847. The van der Waals surface area contributed by atoms with Gasteiger partial charge in [-0.3, -0.25) is 9.69 Å². The van der Waals surface area contributed by atoms with Crippen molar-refractivity contribution in [3.8, 4) is 0 Å². The Bertz CT molecular complexity index is 921. The lowest BCUT2D eigenvalue weighted by Crippen LogP contribution is -2.44. The van der Waals surface area contributed by atoms with Crippen LogP contribution in [0.2, 0.25) is 0 Å². The first-order valence-corrected chi connectivity index (χ1v) is 9.42. The first-order chi connectivity index (χ1) is 12.8. The molecular weight excluding hydrogens is 324 g/mol. The minimum atomic E-state index is 0.0847. The topological polar surface area (TPSA) is 50.5 Å². The number of ketones is 1. The normalized spacial score (nSPS) is 25.6. The highest BCUT2D eigenvalue weighted by Gasteiger charge is 2.43. The summed E-state index contributed by atoms with van der Waals surface area (Å²) in [6, 6.07) is 15.4. The number of piperidine rings is 1. The Balaban J connectivity index is 1.35. The van der Waals surface area contributed by atoms with Crippen LogP contribution in [0.25, 0.3) is 5.65 Å². The third-order valence-electron chi connectivity index (χ3n) is 5.99. The molecule has 2 aliphatic heterocycles. The molecule has 4 heterocycles. The van der Waals surface area contributed by atoms with E-state index in [1.165, 1.54) is 18.4 Å². The zero-order valence-corrected chi connectivity index (χ0v) is 14.7. The first-order valence-electron chi connectivity index (χ1n) is 9.42. The van der Waals surface area contributed by atoms with E-state index in [1.54, 1.807) is 16.9 Å². The minimum Gasteiger partial charge on any atom is -0.293 e. The average molecular weight is 346 g/mol. The second kappa shape index (κ2) is 6.32.